The largest absolute Gasteiger partial charge is 0.442 e. The first-order valence-corrected chi connectivity index (χ1v) is 17.3. The molecule has 198 valence electrons. The minimum absolute atomic E-state index is 0.176. The lowest BCUT2D eigenvalue weighted by Crippen LogP contribution is -2.55. The number of nitrogens with zero attached hydrogens (tertiary/aromatic N) is 3. The van der Waals surface area contributed by atoms with Crippen molar-refractivity contribution in [1.29, 1.82) is 0 Å². The minimum atomic E-state index is -1.87. The number of amides is 1. The molecule has 3 atom stereocenters. The molecule has 0 unspecified atom stereocenters. The molecule has 5 rings (SSSR count). The molecular formula is C28H37IN4O3Si. The Labute approximate surface area is 234 Å². The Morgan fingerprint density at radius 3 is 2.65 bits per heavy atom. The summed E-state index contributed by atoms with van der Waals surface area (Å²) < 4.78 is 13.1. The van der Waals surface area contributed by atoms with Gasteiger partial charge in [0.25, 0.3) is 5.91 Å². The summed E-state index contributed by atoms with van der Waals surface area (Å²) in [5, 5.41) is 4.17. The van der Waals surface area contributed by atoms with Gasteiger partial charge in [0.1, 0.15) is 11.5 Å². The third-order valence-electron chi connectivity index (χ3n) is 8.06. The second kappa shape index (κ2) is 9.96. The quantitative estimate of drug-likeness (QED) is 0.179. The summed E-state index contributed by atoms with van der Waals surface area (Å²) in [5.41, 5.74) is 2.51. The first-order chi connectivity index (χ1) is 17.4. The van der Waals surface area contributed by atoms with E-state index in [0.717, 1.165) is 42.8 Å². The molecule has 1 saturated heterocycles. The van der Waals surface area contributed by atoms with E-state index in [9.17, 15) is 4.79 Å². The molecule has 3 aromatic heterocycles. The molecule has 1 aliphatic heterocycles. The average molecular weight is 633 g/mol. The van der Waals surface area contributed by atoms with Crippen LogP contribution in [-0.2, 0) is 4.43 Å². The molecule has 1 N–H and O–H groups in total. The minimum Gasteiger partial charge on any atom is -0.442 e. The number of furan rings is 1. The third-order valence-corrected chi connectivity index (χ3v) is 13.6. The van der Waals surface area contributed by atoms with Crippen molar-refractivity contribution in [3.05, 3.63) is 48.1 Å². The van der Waals surface area contributed by atoms with Gasteiger partial charge in [0.15, 0.2) is 8.32 Å². The lowest BCUT2D eigenvalue weighted by atomic mass is 9.96. The summed E-state index contributed by atoms with van der Waals surface area (Å²) in [6, 6.07) is 7.69. The van der Waals surface area contributed by atoms with Gasteiger partial charge in [0.2, 0.25) is 5.71 Å². The summed E-state index contributed by atoms with van der Waals surface area (Å²) in [7, 11) is -1.87. The van der Waals surface area contributed by atoms with Crippen molar-refractivity contribution in [2.75, 3.05) is 23.3 Å². The van der Waals surface area contributed by atoms with E-state index in [1.54, 1.807) is 18.5 Å². The zero-order valence-corrected chi connectivity index (χ0v) is 25.7. The van der Waals surface area contributed by atoms with Crippen LogP contribution >= 0.6 is 22.6 Å². The van der Waals surface area contributed by atoms with Crippen LogP contribution in [-0.4, -0.2) is 47.3 Å². The molecule has 3 aromatic rings. The summed E-state index contributed by atoms with van der Waals surface area (Å²) in [6.07, 6.45) is 6.03. The standard InChI is InChI=1S/C28H37IN4O3Si/c1-17-15-33(16-20(29)25(17)36-37(5,6)28(2,3)4)23-11-12-30-14-22(23)31-26(34)21-10-9-19-13-24(18-7-8-18)35-27(19)32-21/h9-14,17-18,20,25H,7-8,15-16H2,1-6H3,(H,31,34)/t17-,20+,25+/m0/s1. The van der Waals surface area contributed by atoms with Crippen LogP contribution in [0, 0.1) is 5.92 Å². The van der Waals surface area contributed by atoms with Crippen molar-refractivity contribution in [3.63, 3.8) is 0 Å². The van der Waals surface area contributed by atoms with Crippen LogP contribution in [0.2, 0.25) is 18.1 Å². The Balaban J connectivity index is 1.31. The zero-order chi connectivity index (χ0) is 26.5. The number of carbonyl (C=O) groups is 1. The number of hydrogen-bond acceptors (Lipinski definition) is 6. The van der Waals surface area contributed by atoms with Gasteiger partial charge >= 0.3 is 0 Å². The van der Waals surface area contributed by atoms with Gasteiger partial charge in [-0.05, 0) is 61.2 Å². The van der Waals surface area contributed by atoms with E-state index >= 15 is 0 Å². The molecule has 2 fully saturated rings. The number of nitrogens with one attached hydrogen (secondary N) is 1. The molecular weight excluding hydrogens is 595 g/mol. The smallest absolute Gasteiger partial charge is 0.274 e. The van der Waals surface area contributed by atoms with Crippen molar-refractivity contribution in [2.24, 2.45) is 5.92 Å². The molecule has 0 radical (unpaired) electrons. The van der Waals surface area contributed by atoms with E-state index in [-0.39, 0.29) is 17.0 Å². The second-order valence-corrected chi connectivity index (χ2v) is 18.5. The zero-order valence-electron chi connectivity index (χ0n) is 22.5. The highest BCUT2D eigenvalue weighted by Crippen LogP contribution is 2.42. The molecule has 7 nitrogen and oxygen atoms in total. The van der Waals surface area contributed by atoms with E-state index in [2.05, 4.69) is 83.6 Å². The number of anilines is 2. The lowest BCUT2D eigenvalue weighted by Gasteiger charge is -2.47. The van der Waals surface area contributed by atoms with Crippen LogP contribution in [0.15, 0.2) is 41.1 Å². The van der Waals surface area contributed by atoms with Gasteiger partial charge in [-0.1, -0.05) is 50.3 Å². The van der Waals surface area contributed by atoms with Gasteiger partial charge in [-0.15, -0.1) is 0 Å². The molecule has 0 spiro atoms. The van der Waals surface area contributed by atoms with Gasteiger partial charge in [0.05, 0.1) is 27.6 Å². The first-order valence-electron chi connectivity index (χ1n) is 13.2. The normalized spacial score (nSPS) is 22.9. The Morgan fingerprint density at radius 2 is 1.97 bits per heavy atom. The number of piperidine rings is 1. The summed E-state index contributed by atoms with van der Waals surface area (Å²) in [6.45, 7) is 15.5. The van der Waals surface area contributed by atoms with Crippen molar-refractivity contribution in [1.82, 2.24) is 9.97 Å². The number of rotatable bonds is 6. The van der Waals surface area contributed by atoms with E-state index in [1.807, 2.05) is 18.2 Å². The Hall–Kier alpha value is -1.98. The van der Waals surface area contributed by atoms with Crippen LogP contribution in [0.25, 0.3) is 11.1 Å². The van der Waals surface area contributed by atoms with Crippen LogP contribution in [0.1, 0.15) is 62.7 Å². The maximum absolute atomic E-state index is 13.2. The molecule has 9 heteroatoms. The van der Waals surface area contributed by atoms with Crippen molar-refractivity contribution >= 4 is 59.3 Å². The van der Waals surface area contributed by atoms with Crippen molar-refractivity contribution in [3.8, 4) is 0 Å². The van der Waals surface area contributed by atoms with Gasteiger partial charge in [-0.2, -0.15) is 0 Å². The highest BCUT2D eigenvalue weighted by Gasteiger charge is 2.44. The second-order valence-electron chi connectivity index (χ2n) is 12.1. The van der Waals surface area contributed by atoms with Crippen LogP contribution in [0.5, 0.6) is 0 Å². The molecule has 0 aromatic carbocycles. The SMILES string of the molecule is C[C@H]1CN(c2ccncc2NC(=O)c2ccc3cc(C4CC4)oc3n2)C[C@@H](I)[C@@H]1O[Si](C)(C)C(C)(C)C. The Bertz CT molecular complexity index is 1290. The van der Waals surface area contributed by atoms with Crippen LogP contribution in [0.4, 0.5) is 11.4 Å². The van der Waals surface area contributed by atoms with Crippen LogP contribution in [0.3, 0.4) is 0 Å². The average Bonchev–Trinajstić information content (AvgIpc) is 3.59. The molecule has 1 saturated carbocycles. The maximum Gasteiger partial charge on any atom is 0.274 e. The number of fused-ring (bicyclic) bond motifs is 1. The van der Waals surface area contributed by atoms with Crippen LogP contribution < -0.4 is 10.2 Å². The van der Waals surface area contributed by atoms with E-state index in [4.69, 9.17) is 8.84 Å². The number of alkyl halides is 1. The molecule has 37 heavy (non-hydrogen) atoms. The molecule has 4 heterocycles. The van der Waals surface area contributed by atoms with Gasteiger partial charge in [0, 0.05) is 30.6 Å². The molecule has 1 amide bonds. The van der Waals surface area contributed by atoms with Gasteiger partial charge < -0.3 is 19.1 Å². The summed E-state index contributed by atoms with van der Waals surface area (Å²) in [4.78, 5) is 24.3. The number of pyridine rings is 2. The highest BCUT2D eigenvalue weighted by molar-refractivity contribution is 14.1. The highest BCUT2D eigenvalue weighted by atomic mass is 127. The summed E-state index contributed by atoms with van der Waals surface area (Å²) in [5.74, 6) is 1.56. The fourth-order valence-electron chi connectivity index (χ4n) is 4.68. The van der Waals surface area contributed by atoms with Gasteiger partial charge in [-0.3, -0.25) is 9.78 Å². The van der Waals surface area contributed by atoms with Crippen molar-refractivity contribution in [2.45, 2.75) is 74.6 Å². The lowest BCUT2D eigenvalue weighted by molar-refractivity contribution is 0.102. The first kappa shape index (κ1) is 26.6. The summed E-state index contributed by atoms with van der Waals surface area (Å²) >= 11 is 2.54. The fourth-order valence-corrected chi connectivity index (χ4v) is 7.72. The fraction of sp³-hybridized carbons (Fsp3) is 0.536. The van der Waals surface area contributed by atoms with E-state index in [0.29, 0.717) is 32.9 Å². The topological polar surface area (TPSA) is 80.5 Å². The maximum atomic E-state index is 13.2. The van der Waals surface area contributed by atoms with Crippen molar-refractivity contribution < 1.29 is 13.6 Å². The molecule has 1 aliphatic carbocycles. The monoisotopic (exact) mass is 632 g/mol. The molecule has 0 bridgehead atoms. The Morgan fingerprint density at radius 1 is 1.22 bits per heavy atom. The number of hydrogen-bond donors (Lipinski definition) is 1. The Kier molecular flexibility index (Phi) is 7.17. The number of halogens is 1. The van der Waals surface area contributed by atoms with Gasteiger partial charge in [-0.25, -0.2) is 4.98 Å². The molecule has 2 aliphatic rings. The predicted molar refractivity (Wildman–Crippen MR) is 159 cm³/mol. The predicted octanol–water partition coefficient (Wildman–Crippen LogP) is 7.00. The van der Waals surface area contributed by atoms with E-state index in [1.165, 1.54) is 0 Å². The van der Waals surface area contributed by atoms with E-state index < -0.39 is 8.32 Å². The number of carbonyl (C=O) groups excluding carboxylic acids is 1. The third kappa shape index (κ3) is 5.58. The number of aromatic nitrogens is 2.